The van der Waals surface area contributed by atoms with Crippen LogP contribution in [0.25, 0.3) is 0 Å². The molecule has 0 saturated heterocycles. The zero-order valence-electron chi connectivity index (χ0n) is 12.3. The number of halogens is 1. The number of hydrogen-bond acceptors (Lipinski definition) is 3. The molecule has 0 aromatic heterocycles. The number of rotatable bonds is 7. The predicted octanol–water partition coefficient (Wildman–Crippen LogP) is 2.57. The Balaban J connectivity index is 3.08. The number of nitrogens with two attached hydrogens (primary N) is 1. The van der Waals surface area contributed by atoms with Gasteiger partial charge in [-0.2, -0.15) is 0 Å². The first-order chi connectivity index (χ1) is 9.02. The summed E-state index contributed by atoms with van der Waals surface area (Å²) in [6.45, 7) is 7.45. The summed E-state index contributed by atoms with van der Waals surface area (Å²) < 4.78 is 19.2. The molecular weight excluding hydrogens is 243 g/mol. The van der Waals surface area contributed by atoms with Gasteiger partial charge < -0.3 is 10.5 Å². The van der Waals surface area contributed by atoms with Gasteiger partial charge in [-0.3, -0.25) is 4.90 Å². The first-order valence-corrected chi connectivity index (χ1v) is 6.77. The molecule has 0 aliphatic rings. The van der Waals surface area contributed by atoms with Crippen molar-refractivity contribution in [1.29, 1.82) is 0 Å². The van der Waals surface area contributed by atoms with Crippen LogP contribution in [0, 0.1) is 5.82 Å². The summed E-state index contributed by atoms with van der Waals surface area (Å²) in [6.07, 6.45) is 0. The zero-order valence-corrected chi connectivity index (χ0v) is 12.3. The molecule has 3 atom stereocenters. The Hall–Kier alpha value is -0.970. The SMILES string of the molecule is CCN(C(C)COC)C(c1ccccc1F)C(C)N. The summed E-state index contributed by atoms with van der Waals surface area (Å²) in [4.78, 5) is 2.19. The van der Waals surface area contributed by atoms with Gasteiger partial charge in [0.05, 0.1) is 12.6 Å². The highest BCUT2D eigenvalue weighted by molar-refractivity contribution is 5.23. The Morgan fingerprint density at radius 3 is 2.42 bits per heavy atom. The maximum absolute atomic E-state index is 14.0. The van der Waals surface area contributed by atoms with E-state index in [1.54, 1.807) is 13.2 Å². The Kier molecular flexibility index (Phi) is 6.42. The highest BCUT2D eigenvalue weighted by atomic mass is 19.1. The third-order valence-corrected chi connectivity index (χ3v) is 3.42. The first-order valence-electron chi connectivity index (χ1n) is 6.77. The van der Waals surface area contributed by atoms with Crippen LogP contribution >= 0.6 is 0 Å². The van der Waals surface area contributed by atoms with Crippen molar-refractivity contribution in [3.63, 3.8) is 0 Å². The maximum Gasteiger partial charge on any atom is 0.128 e. The number of methoxy groups -OCH3 is 1. The molecule has 2 N–H and O–H groups in total. The zero-order chi connectivity index (χ0) is 14.4. The summed E-state index contributed by atoms with van der Waals surface area (Å²) in [5.41, 5.74) is 6.75. The number of ether oxygens (including phenoxy) is 1. The van der Waals surface area contributed by atoms with E-state index in [1.165, 1.54) is 6.07 Å². The van der Waals surface area contributed by atoms with Crippen molar-refractivity contribution in [3.05, 3.63) is 35.6 Å². The van der Waals surface area contributed by atoms with E-state index in [2.05, 4.69) is 18.7 Å². The molecule has 0 radical (unpaired) electrons. The van der Waals surface area contributed by atoms with Crippen molar-refractivity contribution < 1.29 is 9.13 Å². The van der Waals surface area contributed by atoms with Gasteiger partial charge in [-0.1, -0.05) is 25.1 Å². The highest BCUT2D eigenvalue weighted by Gasteiger charge is 2.28. The van der Waals surface area contributed by atoms with Gasteiger partial charge in [0, 0.05) is 24.8 Å². The molecule has 0 spiro atoms. The number of benzene rings is 1. The smallest absolute Gasteiger partial charge is 0.128 e. The molecule has 0 saturated carbocycles. The lowest BCUT2D eigenvalue weighted by Crippen LogP contribution is -2.46. The average molecular weight is 268 g/mol. The number of hydrogen-bond donors (Lipinski definition) is 1. The van der Waals surface area contributed by atoms with Crippen LogP contribution < -0.4 is 5.73 Å². The summed E-state index contributed by atoms with van der Waals surface area (Å²) in [7, 11) is 1.67. The van der Waals surface area contributed by atoms with Crippen LogP contribution in [0.15, 0.2) is 24.3 Å². The minimum absolute atomic E-state index is 0.142. The lowest BCUT2D eigenvalue weighted by atomic mass is 9.97. The molecule has 3 unspecified atom stereocenters. The van der Waals surface area contributed by atoms with Gasteiger partial charge in [0.25, 0.3) is 0 Å². The number of likely N-dealkylation sites (N-methyl/N-ethyl adjacent to an activating group) is 1. The largest absolute Gasteiger partial charge is 0.383 e. The van der Waals surface area contributed by atoms with Gasteiger partial charge in [-0.25, -0.2) is 4.39 Å². The van der Waals surface area contributed by atoms with Gasteiger partial charge in [-0.05, 0) is 26.5 Å². The van der Waals surface area contributed by atoms with E-state index >= 15 is 0 Å². The van der Waals surface area contributed by atoms with E-state index in [0.29, 0.717) is 12.2 Å². The minimum atomic E-state index is -0.201. The number of nitrogens with zero attached hydrogens (tertiary/aromatic N) is 1. The van der Waals surface area contributed by atoms with E-state index in [0.717, 1.165) is 6.54 Å². The van der Waals surface area contributed by atoms with Crippen LogP contribution in [0.5, 0.6) is 0 Å². The third kappa shape index (κ3) is 4.00. The fourth-order valence-corrected chi connectivity index (χ4v) is 2.60. The van der Waals surface area contributed by atoms with E-state index in [4.69, 9.17) is 10.5 Å². The first kappa shape index (κ1) is 16.1. The van der Waals surface area contributed by atoms with Gasteiger partial charge in [0.2, 0.25) is 0 Å². The fourth-order valence-electron chi connectivity index (χ4n) is 2.60. The fraction of sp³-hybridized carbons (Fsp3) is 0.600. The van der Waals surface area contributed by atoms with Gasteiger partial charge in [-0.15, -0.1) is 0 Å². The standard InChI is InChI=1S/C15H25FN2O/c1-5-18(11(2)10-19-4)15(12(3)17)13-8-6-7-9-14(13)16/h6-9,11-12,15H,5,10,17H2,1-4H3. The molecule has 0 bridgehead atoms. The molecule has 1 aromatic rings. The normalized spacial score (nSPS) is 16.4. The summed E-state index contributed by atoms with van der Waals surface area (Å²) in [5, 5.41) is 0. The summed E-state index contributed by atoms with van der Waals surface area (Å²) in [6, 6.07) is 6.73. The Labute approximate surface area is 115 Å². The second kappa shape index (κ2) is 7.58. The highest BCUT2D eigenvalue weighted by Crippen LogP contribution is 2.27. The minimum Gasteiger partial charge on any atom is -0.383 e. The Morgan fingerprint density at radius 2 is 1.95 bits per heavy atom. The van der Waals surface area contributed by atoms with Crippen LogP contribution in [-0.4, -0.2) is 37.2 Å². The Bertz CT molecular complexity index is 384. The second-order valence-corrected chi connectivity index (χ2v) is 4.96. The molecule has 0 aliphatic heterocycles. The van der Waals surface area contributed by atoms with Crippen LogP contribution in [0.3, 0.4) is 0 Å². The molecule has 3 nitrogen and oxygen atoms in total. The molecule has 0 heterocycles. The van der Waals surface area contributed by atoms with Crippen molar-refractivity contribution >= 4 is 0 Å². The van der Waals surface area contributed by atoms with Crippen molar-refractivity contribution in [2.75, 3.05) is 20.3 Å². The van der Waals surface area contributed by atoms with Gasteiger partial charge in [0.15, 0.2) is 0 Å². The molecule has 1 aromatic carbocycles. The van der Waals surface area contributed by atoms with Gasteiger partial charge in [0.1, 0.15) is 5.82 Å². The lowest BCUT2D eigenvalue weighted by molar-refractivity contribution is 0.0642. The molecule has 4 heteroatoms. The molecule has 0 aliphatic carbocycles. The quantitative estimate of drug-likeness (QED) is 0.826. The average Bonchev–Trinajstić information content (AvgIpc) is 2.36. The maximum atomic E-state index is 14.0. The van der Waals surface area contributed by atoms with E-state index in [-0.39, 0.29) is 23.9 Å². The van der Waals surface area contributed by atoms with Crippen molar-refractivity contribution in [2.45, 2.75) is 38.9 Å². The monoisotopic (exact) mass is 268 g/mol. The van der Waals surface area contributed by atoms with E-state index in [9.17, 15) is 4.39 Å². The molecular formula is C15H25FN2O. The van der Waals surface area contributed by atoms with Crippen molar-refractivity contribution in [3.8, 4) is 0 Å². The lowest BCUT2D eigenvalue weighted by Gasteiger charge is -2.38. The molecule has 1 rings (SSSR count). The summed E-state index contributed by atoms with van der Waals surface area (Å²) >= 11 is 0. The predicted molar refractivity (Wildman–Crippen MR) is 76.5 cm³/mol. The van der Waals surface area contributed by atoms with E-state index in [1.807, 2.05) is 19.1 Å². The van der Waals surface area contributed by atoms with Crippen LogP contribution in [0.4, 0.5) is 4.39 Å². The van der Waals surface area contributed by atoms with E-state index < -0.39 is 0 Å². The van der Waals surface area contributed by atoms with Crippen molar-refractivity contribution in [1.82, 2.24) is 4.90 Å². The molecule has 0 fully saturated rings. The molecule has 108 valence electrons. The van der Waals surface area contributed by atoms with Crippen molar-refractivity contribution in [2.24, 2.45) is 5.73 Å². The van der Waals surface area contributed by atoms with Gasteiger partial charge >= 0.3 is 0 Å². The topological polar surface area (TPSA) is 38.5 Å². The molecule has 19 heavy (non-hydrogen) atoms. The van der Waals surface area contributed by atoms with Crippen LogP contribution in [-0.2, 0) is 4.74 Å². The Morgan fingerprint density at radius 1 is 1.32 bits per heavy atom. The van der Waals surface area contributed by atoms with Crippen LogP contribution in [0.1, 0.15) is 32.4 Å². The third-order valence-electron chi connectivity index (χ3n) is 3.42. The molecule has 0 amide bonds. The summed E-state index contributed by atoms with van der Waals surface area (Å²) in [5.74, 6) is -0.201. The van der Waals surface area contributed by atoms with Crippen LogP contribution in [0.2, 0.25) is 0 Å². The second-order valence-electron chi connectivity index (χ2n) is 4.96.